The van der Waals surface area contributed by atoms with Crippen LogP contribution in [0, 0.1) is 0 Å². The van der Waals surface area contributed by atoms with E-state index in [1.54, 1.807) is 19.2 Å². The second-order valence-electron chi connectivity index (χ2n) is 12.0. The molecule has 10 heteroatoms. The minimum Gasteiger partial charge on any atom is -0.497 e. The van der Waals surface area contributed by atoms with Gasteiger partial charge in [-0.3, -0.25) is 4.79 Å². The second-order valence-corrected chi connectivity index (χ2v) is 12.0. The molecule has 3 heterocycles. The number of rotatable bonds is 10. The van der Waals surface area contributed by atoms with Gasteiger partial charge in [0.15, 0.2) is 11.6 Å². The standard InChI is InChI=1S/C38H38N6O4/c1-47-30-19-17-26(18-20-30)22-38(28-13-7-3-8-14-28,29-15-9-4-10-16-29)44-25-43(33-21-31(45)32(23-39)48-33)36-34(44)35(40-24-41-36)42-37(46)27-11-5-2-6-12-27/h2-20,24,31-33,45H,21-23,25,39H2,1H3,(H,40,41,42,46)/t31?,32-,33-/m1/s1. The molecule has 2 aliphatic heterocycles. The average Bonchev–Trinajstić information content (AvgIpc) is 3.73. The molecule has 1 fully saturated rings. The number of ether oxygens (including phenoxy) is 2. The van der Waals surface area contributed by atoms with E-state index in [2.05, 4.69) is 51.6 Å². The Balaban J connectivity index is 1.44. The van der Waals surface area contributed by atoms with Crippen molar-refractivity contribution < 1.29 is 19.4 Å². The van der Waals surface area contributed by atoms with Crippen LogP contribution in [-0.2, 0) is 16.7 Å². The van der Waals surface area contributed by atoms with Crippen molar-refractivity contribution in [1.82, 2.24) is 9.97 Å². The summed E-state index contributed by atoms with van der Waals surface area (Å²) in [6, 6.07) is 37.8. The fourth-order valence-corrected chi connectivity index (χ4v) is 6.88. The van der Waals surface area contributed by atoms with Crippen molar-refractivity contribution in [2.45, 2.75) is 36.8 Å². The molecule has 1 saturated heterocycles. The van der Waals surface area contributed by atoms with E-state index in [-0.39, 0.29) is 12.5 Å². The number of nitrogens with two attached hydrogens (primary N) is 1. The number of aliphatic hydroxyl groups is 1. The summed E-state index contributed by atoms with van der Waals surface area (Å²) >= 11 is 0. The largest absolute Gasteiger partial charge is 0.497 e. The molecule has 1 aromatic heterocycles. The number of aromatic nitrogens is 2. The van der Waals surface area contributed by atoms with Crippen LogP contribution in [0.3, 0.4) is 0 Å². The van der Waals surface area contributed by atoms with Crippen LogP contribution >= 0.6 is 0 Å². The number of carbonyl (C=O) groups excluding carboxylic acids is 1. The van der Waals surface area contributed by atoms with E-state index in [1.165, 1.54) is 6.33 Å². The maximum absolute atomic E-state index is 13.6. The quantitative estimate of drug-likeness (QED) is 0.194. The van der Waals surface area contributed by atoms with Crippen LogP contribution in [0.4, 0.5) is 17.3 Å². The smallest absolute Gasteiger partial charge is 0.256 e. The lowest BCUT2D eigenvalue weighted by Crippen LogP contribution is -2.52. The predicted molar refractivity (Wildman–Crippen MR) is 185 cm³/mol. The van der Waals surface area contributed by atoms with Crippen LogP contribution in [0.1, 0.15) is 33.5 Å². The summed E-state index contributed by atoms with van der Waals surface area (Å²) in [5.41, 5.74) is 9.47. The Bertz CT molecular complexity index is 1800. The number of fused-ring (bicyclic) bond motifs is 1. The number of carbonyl (C=O) groups is 1. The number of hydrogen-bond donors (Lipinski definition) is 3. The summed E-state index contributed by atoms with van der Waals surface area (Å²) in [5, 5.41) is 13.9. The summed E-state index contributed by atoms with van der Waals surface area (Å²) in [6.07, 6.45) is 0.641. The lowest BCUT2D eigenvalue weighted by molar-refractivity contribution is 0.0154. The van der Waals surface area contributed by atoms with Crippen molar-refractivity contribution in [1.29, 1.82) is 0 Å². The zero-order valence-corrected chi connectivity index (χ0v) is 26.6. The Morgan fingerprint density at radius 3 is 2.15 bits per heavy atom. The highest BCUT2D eigenvalue weighted by atomic mass is 16.5. The van der Waals surface area contributed by atoms with E-state index in [0.29, 0.717) is 42.4 Å². The first-order chi connectivity index (χ1) is 23.5. The first-order valence-electron chi connectivity index (χ1n) is 16.0. The van der Waals surface area contributed by atoms with E-state index in [4.69, 9.17) is 20.2 Å². The van der Waals surface area contributed by atoms with E-state index in [9.17, 15) is 9.90 Å². The van der Waals surface area contributed by atoms with Crippen LogP contribution < -0.4 is 25.6 Å². The maximum atomic E-state index is 13.6. The molecule has 5 aromatic rings. The van der Waals surface area contributed by atoms with E-state index in [1.807, 2.05) is 71.6 Å². The lowest BCUT2D eigenvalue weighted by Gasteiger charge is -2.45. The van der Waals surface area contributed by atoms with Crippen molar-refractivity contribution in [3.63, 3.8) is 0 Å². The molecule has 0 spiro atoms. The van der Waals surface area contributed by atoms with Gasteiger partial charge in [0.2, 0.25) is 0 Å². The number of hydrogen-bond acceptors (Lipinski definition) is 9. The number of methoxy groups -OCH3 is 1. The van der Waals surface area contributed by atoms with Gasteiger partial charge < -0.3 is 35.4 Å². The zero-order chi connectivity index (χ0) is 33.1. The Kier molecular flexibility index (Phi) is 8.77. The molecule has 0 saturated carbocycles. The van der Waals surface area contributed by atoms with Gasteiger partial charge >= 0.3 is 0 Å². The molecular formula is C38H38N6O4. The number of aliphatic hydroxyl groups excluding tert-OH is 1. The van der Waals surface area contributed by atoms with Gasteiger partial charge in [-0.1, -0.05) is 91.0 Å². The van der Waals surface area contributed by atoms with E-state index in [0.717, 1.165) is 22.4 Å². The molecule has 48 heavy (non-hydrogen) atoms. The van der Waals surface area contributed by atoms with E-state index < -0.39 is 24.0 Å². The zero-order valence-electron chi connectivity index (χ0n) is 26.6. The monoisotopic (exact) mass is 642 g/mol. The third-order valence-corrected chi connectivity index (χ3v) is 9.27. The molecule has 0 bridgehead atoms. The van der Waals surface area contributed by atoms with Gasteiger partial charge in [0.1, 0.15) is 24.0 Å². The fourth-order valence-electron chi connectivity index (χ4n) is 6.88. The second kappa shape index (κ2) is 13.4. The molecule has 244 valence electrons. The van der Waals surface area contributed by atoms with Crippen LogP contribution in [0.2, 0.25) is 0 Å². The first kappa shape index (κ1) is 31.3. The highest BCUT2D eigenvalue weighted by Gasteiger charge is 2.50. The van der Waals surface area contributed by atoms with Crippen LogP contribution in [0.5, 0.6) is 5.75 Å². The molecule has 7 rings (SSSR count). The van der Waals surface area contributed by atoms with Gasteiger partial charge in [-0.25, -0.2) is 9.97 Å². The lowest BCUT2D eigenvalue weighted by atomic mass is 9.76. The summed E-state index contributed by atoms with van der Waals surface area (Å²) in [7, 11) is 1.66. The molecule has 1 unspecified atom stereocenters. The van der Waals surface area contributed by atoms with Crippen LogP contribution in [0.15, 0.2) is 122 Å². The molecule has 2 aliphatic rings. The molecule has 4 aromatic carbocycles. The number of nitrogens with zero attached hydrogens (tertiary/aromatic N) is 4. The van der Waals surface area contributed by atoms with Crippen molar-refractivity contribution in [3.05, 3.63) is 144 Å². The third kappa shape index (κ3) is 5.74. The Morgan fingerprint density at radius 1 is 0.938 bits per heavy atom. The summed E-state index contributed by atoms with van der Waals surface area (Å²) < 4.78 is 11.8. The van der Waals surface area contributed by atoms with Crippen molar-refractivity contribution in [3.8, 4) is 5.75 Å². The first-order valence-corrected chi connectivity index (χ1v) is 16.0. The molecule has 0 aliphatic carbocycles. The number of amides is 1. The van der Waals surface area contributed by atoms with Crippen molar-refractivity contribution in [2.75, 3.05) is 35.4 Å². The topological polar surface area (TPSA) is 126 Å². The van der Waals surface area contributed by atoms with Gasteiger partial charge in [0.05, 0.1) is 31.5 Å². The number of benzene rings is 4. The van der Waals surface area contributed by atoms with Crippen LogP contribution in [-0.4, -0.2) is 59.7 Å². The molecule has 3 atom stereocenters. The Labute approximate surface area is 279 Å². The highest BCUT2D eigenvalue weighted by molar-refractivity contribution is 6.06. The summed E-state index contributed by atoms with van der Waals surface area (Å²) in [4.78, 5) is 27.4. The van der Waals surface area contributed by atoms with Gasteiger partial charge in [-0.15, -0.1) is 0 Å². The molecule has 1 amide bonds. The molecule has 10 nitrogen and oxygen atoms in total. The Morgan fingerprint density at radius 2 is 1.56 bits per heavy atom. The SMILES string of the molecule is COc1ccc(CC(c2ccccc2)(c2ccccc2)N2CN([C@H]3CC(O)[C@@H](CN)O3)c3ncnc(NC(=O)c4ccccc4)c32)cc1. The maximum Gasteiger partial charge on any atom is 0.256 e. The number of anilines is 3. The average molecular weight is 643 g/mol. The van der Waals surface area contributed by atoms with Gasteiger partial charge in [-0.05, 0) is 41.0 Å². The minimum absolute atomic E-state index is 0.194. The minimum atomic E-state index is -0.817. The Hall–Kier alpha value is -5.29. The third-order valence-electron chi connectivity index (χ3n) is 9.27. The van der Waals surface area contributed by atoms with Crippen LogP contribution in [0.25, 0.3) is 0 Å². The van der Waals surface area contributed by atoms with Gasteiger partial charge in [-0.2, -0.15) is 0 Å². The van der Waals surface area contributed by atoms with E-state index >= 15 is 0 Å². The van der Waals surface area contributed by atoms with Gasteiger partial charge in [0, 0.05) is 24.9 Å². The summed E-state index contributed by atoms with van der Waals surface area (Å²) in [6.45, 7) is 0.524. The van der Waals surface area contributed by atoms with Gasteiger partial charge in [0.25, 0.3) is 5.91 Å². The predicted octanol–water partition coefficient (Wildman–Crippen LogP) is 4.94. The van der Waals surface area contributed by atoms with Crippen molar-refractivity contribution in [2.24, 2.45) is 5.73 Å². The molecule has 0 radical (unpaired) electrons. The highest BCUT2D eigenvalue weighted by Crippen LogP contribution is 2.51. The fraction of sp³-hybridized carbons (Fsp3) is 0.237. The van der Waals surface area contributed by atoms with Crippen molar-refractivity contribution >= 4 is 23.2 Å². The molecule has 4 N–H and O–H groups in total. The molecular weight excluding hydrogens is 604 g/mol. The number of nitrogens with one attached hydrogen (secondary N) is 1. The summed E-state index contributed by atoms with van der Waals surface area (Å²) in [5.74, 6) is 1.45. The normalized spacial score (nSPS) is 18.9.